The summed E-state index contributed by atoms with van der Waals surface area (Å²) in [5, 5.41) is 0. The van der Waals surface area contributed by atoms with Gasteiger partial charge in [-0.25, -0.2) is 17.1 Å². The molecule has 2 aliphatic heterocycles. The maximum absolute atomic E-state index is 14.5. The van der Waals surface area contributed by atoms with E-state index in [1.807, 2.05) is 0 Å². The van der Waals surface area contributed by atoms with Crippen LogP contribution in [0.3, 0.4) is 0 Å². The molecule has 0 radical (unpaired) electrons. The lowest BCUT2D eigenvalue weighted by Gasteiger charge is -2.40. The van der Waals surface area contributed by atoms with Gasteiger partial charge in [0.15, 0.2) is 0 Å². The van der Waals surface area contributed by atoms with Crippen LogP contribution in [0, 0.1) is 5.82 Å². The maximum atomic E-state index is 14.5. The van der Waals surface area contributed by atoms with Crippen molar-refractivity contribution in [1.29, 1.82) is 0 Å². The summed E-state index contributed by atoms with van der Waals surface area (Å²) in [5.41, 5.74) is 0.435. The highest BCUT2D eigenvalue weighted by Gasteiger charge is 2.62. The summed E-state index contributed by atoms with van der Waals surface area (Å²) >= 11 is 1.15. The quantitative estimate of drug-likeness (QED) is 0.384. The molecular weight excluding hydrogens is 571 g/mol. The summed E-state index contributed by atoms with van der Waals surface area (Å²) in [5.74, 6) is -0.586. The van der Waals surface area contributed by atoms with Gasteiger partial charge < -0.3 is 19.1 Å². The lowest BCUT2D eigenvalue weighted by Crippen LogP contribution is -2.53. The van der Waals surface area contributed by atoms with Crippen molar-refractivity contribution in [2.45, 2.75) is 27.0 Å². The van der Waals surface area contributed by atoms with Gasteiger partial charge in [-0.3, -0.25) is 9.59 Å². The molecule has 0 N–H and O–H groups in total. The van der Waals surface area contributed by atoms with Gasteiger partial charge in [-0.15, -0.1) is 11.8 Å². The average molecular weight is 601 g/mol. The first kappa shape index (κ1) is 28.9. The molecule has 0 spiro atoms. The number of thioether (sulfide) groups is 1. The minimum Gasteiger partial charge on any atom is -0.497 e. The molecule has 12 heteroatoms. The Morgan fingerprint density at radius 3 is 2.05 bits per heavy atom. The molecule has 9 nitrogen and oxygen atoms in total. The maximum Gasteiger partial charge on any atom is 0.267 e. The van der Waals surface area contributed by atoms with E-state index in [9.17, 15) is 22.4 Å². The summed E-state index contributed by atoms with van der Waals surface area (Å²) in [4.78, 5) is 30.4. The van der Waals surface area contributed by atoms with Gasteiger partial charge in [0.1, 0.15) is 22.1 Å². The molecule has 216 valence electrons. The number of carbonyl (C=O) groups excluding carboxylic acids is 2. The van der Waals surface area contributed by atoms with Gasteiger partial charge in [-0.1, -0.05) is 12.1 Å². The number of methoxy groups -OCH3 is 2. The second-order valence-corrected chi connectivity index (χ2v) is 12.8. The highest BCUT2D eigenvalue weighted by atomic mass is 32.2. The topological polar surface area (TPSA) is 102 Å². The van der Waals surface area contributed by atoms with Gasteiger partial charge in [0.05, 0.1) is 44.8 Å². The SMILES string of the molecule is COc1ccc(S[C@]2(C(=O)N3CCOCC3)CC(=O)N(S(=O)(=O)c3ccc(F)cc3)[C@@H]2c2ccc(OC)cc2)cc1. The minimum absolute atomic E-state index is 0.255. The number of hydrogen-bond acceptors (Lipinski definition) is 8. The smallest absolute Gasteiger partial charge is 0.267 e. The van der Waals surface area contributed by atoms with Gasteiger partial charge in [0.25, 0.3) is 10.0 Å². The third-order valence-electron chi connectivity index (χ3n) is 7.16. The van der Waals surface area contributed by atoms with E-state index >= 15 is 0 Å². The molecular formula is C29H29FN2O7S2. The lowest BCUT2D eigenvalue weighted by atomic mass is 9.91. The van der Waals surface area contributed by atoms with E-state index in [1.54, 1.807) is 60.5 Å². The molecule has 41 heavy (non-hydrogen) atoms. The van der Waals surface area contributed by atoms with Crippen molar-refractivity contribution < 1.29 is 36.6 Å². The molecule has 5 rings (SSSR count). The first-order chi connectivity index (χ1) is 19.7. The Bertz CT molecular complexity index is 1510. The Balaban J connectivity index is 1.71. The molecule has 0 aromatic heterocycles. The van der Waals surface area contributed by atoms with Gasteiger partial charge in [0.2, 0.25) is 11.8 Å². The second kappa shape index (κ2) is 11.7. The predicted octanol–water partition coefficient (Wildman–Crippen LogP) is 3.90. The Hall–Kier alpha value is -3.61. The van der Waals surface area contributed by atoms with Crippen LogP contribution in [-0.4, -0.2) is 74.7 Å². The van der Waals surface area contributed by atoms with Crippen LogP contribution >= 0.6 is 11.8 Å². The highest BCUT2D eigenvalue weighted by molar-refractivity contribution is 8.01. The fraction of sp³-hybridized carbons (Fsp3) is 0.310. The summed E-state index contributed by atoms with van der Waals surface area (Å²) in [6.45, 7) is 1.26. The van der Waals surface area contributed by atoms with Crippen molar-refractivity contribution in [3.63, 3.8) is 0 Å². The number of ether oxygens (including phenoxy) is 3. The van der Waals surface area contributed by atoms with Crippen LogP contribution in [0.5, 0.6) is 11.5 Å². The van der Waals surface area contributed by atoms with Gasteiger partial charge in [-0.05, 0) is 66.2 Å². The van der Waals surface area contributed by atoms with E-state index < -0.39 is 32.5 Å². The van der Waals surface area contributed by atoms with E-state index in [0.29, 0.717) is 48.3 Å². The number of benzene rings is 3. The number of nitrogens with zero attached hydrogens (tertiary/aromatic N) is 2. The van der Waals surface area contributed by atoms with Crippen LogP contribution in [0.1, 0.15) is 18.0 Å². The number of carbonyl (C=O) groups is 2. The van der Waals surface area contributed by atoms with Gasteiger partial charge >= 0.3 is 0 Å². The Morgan fingerprint density at radius 2 is 1.49 bits per heavy atom. The van der Waals surface area contributed by atoms with E-state index in [1.165, 1.54) is 7.11 Å². The zero-order valence-electron chi connectivity index (χ0n) is 22.5. The van der Waals surface area contributed by atoms with Crippen molar-refractivity contribution >= 4 is 33.6 Å². The van der Waals surface area contributed by atoms with Gasteiger partial charge in [-0.2, -0.15) is 0 Å². The average Bonchev–Trinajstić information content (AvgIpc) is 3.30. The van der Waals surface area contributed by atoms with E-state index in [0.717, 1.165) is 40.3 Å². The molecule has 0 bridgehead atoms. The Kier molecular flexibility index (Phi) is 8.25. The Labute approximate surface area is 242 Å². The zero-order valence-corrected chi connectivity index (χ0v) is 24.1. The van der Waals surface area contributed by atoms with Crippen molar-refractivity contribution in [2.24, 2.45) is 0 Å². The number of hydrogen-bond donors (Lipinski definition) is 0. The molecule has 0 saturated carbocycles. The second-order valence-electron chi connectivity index (χ2n) is 9.57. The summed E-state index contributed by atoms with van der Waals surface area (Å²) in [6.07, 6.45) is -0.378. The lowest BCUT2D eigenvalue weighted by molar-refractivity contribution is -0.138. The van der Waals surface area contributed by atoms with Crippen molar-refractivity contribution in [1.82, 2.24) is 9.21 Å². The molecule has 2 fully saturated rings. The molecule has 3 aromatic carbocycles. The number of halogens is 1. The summed E-state index contributed by atoms with van der Waals surface area (Å²) in [7, 11) is -1.45. The predicted molar refractivity (Wildman–Crippen MR) is 150 cm³/mol. The number of morpholine rings is 1. The monoisotopic (exact) mass is 600 g/mol. The van der Waals surface area contributed by atoms with E-state index in [-0.39, 0.29) is 17.2 Å². The van der Waals surface area contributed by atoms with Crippen molar-refractivity contribution in [3.05, 3.63) is 84.2 Å². The fourth-order valence-electron chi connectivity index (χ4n) is 5.13. The first-order valence-electron chi connectivity index (χ1n) is 12.9. The molecule has 0 aliphatic carbocycles. The standard InChI is InChI=1S/C29H29FN2O7S2/c1-37-22-7-3-20(4-8-22)27-29(28(34)31-15-17-39-18-16-31,40-24-11-9-23(38-2)10-12-24)19-26(33)32(27)41(35,36)25-13-5-21(30)6-14-25/h3-14,27H,15-19H2,1-2H3/t27-,29-/m1/s1. The third kappa shape index (κ3) is 5.51. The summed E-state index contributed by atoms with van der Waals surface area (Å²) < 4.78 is 57.1. The van der Waals surface area contributed by atoms with Gasteiger partial charge in [0, 0.05) is 18.0 Å². The van der Waals surface area contributed by atoms with Crippen molar-refractivity contribution in [2.75, 3.05) is 40.5 Å². The Morgan fingerprint density at radius 1 is 0.927 bits per heavy atom. The van der Waals surface area contributed by atoms with E-state index in [2.05, 4.69) is 0 Å². The first-order valence-corrected chi connectivity index (χ1v) is 15.1. The molecule has 2 atom stereocenters. The molecule has 3 aromatic rings. The zero-order chi connectivity index (χ0) is 29.2. The number of amides is 2. The van der Waals surface area contributed by atoms with Crippen LogP contribution in [0.15, 0.2) is 82.6 Å². The highest BCUT2D eigenvalue weighted by Crippen LogP contribution is 2.55. The van der Waals surface area contributed by atoms with E-state index in [4.69, 9.17) is 14.2 Å². The third-order valence-corrected chi connectivity index (χ3v) is 10.4. The summed E-state index contributed by atoms with van der Waals surface area (Å²) in [6, 6.07) is 16.7. The molecule has 2 saturated heterocycles. The van der Waals surface area contributed by atoms with Crippen LogP contribution in [0.2, 0.25) is 0 Å². The normalized spacial score (nSPS) is 21.1. The van der Waals surface area contributed by atoms with Crippen molar-refractivity contribution in [3.8, 4) is 11.5 Å². The minimum atomic E-state index is -4.50. The fourth-order valence-corrected chi connectivity index (χ4v) is 8.28. The number of rotatable bonds is 8. The molecule has 2 heterocycles. The van der Waals surface area contributed by atoms with Crippen LogP contribution in [0.4, 0.5) is 4.39 Å². The largest absolute Gasteiger partial charge is 0.497 e. The number of sulfonamides is 1. The van der Waals surface area contributed by atoms with Crippen LogP contribution in [0.25, 0.3) is 0 Å². The van der Waals surface area contributed by atoms with Crippen LogP contribution in [-0.2, 0) is 24.3 Å². The molecule has 2 amide bonds. The molecule has 2 aliphatic rings. The molecule has 0 unspecified atom stereocenters. The van der Waals surface area contributed by atoms with Crippen LogP contribution < -0.4 is 9.47 Å².